The molecule has 0 N–H and O–H groups in total. The van der Waals surface area contributed by atoms with Crippen LogP contribution in [0.3, 0.4) is 0 Å². The molecular formula is C8H6FN3. The average Bonchev–Trinajstić information content (AvgIpc) is 2.46. The minimum Gasteiger partial charge on any atom is -0.221 e. The zero-order chi connectivity index (χ0) is 8.55. The highest BCUT2D eigenvalue weighted by Crippen LogP contribution is 2.11. The molecule has 12 heavy (non-hydrogen) atoms. The summed E-state index contributed by atoms with van der Waals surface area (Å²) < 4.78 is 14.1. The molecule has 0 aliphatic rings. The molecule has 0 aliphatic heterocycles. The van der Waals surface area contributed by atoms with Crippen molar-refractivity contribution < 1.29 is 4.39 Å². The quantitative estimate of drug-likeness (QED) is 0.640. The van der Waals surface area contributed by atoms with Crippen molar-refractivity contribution in [3.05, 3.63) is 30.6 Å². The van der Waals surface area contributed by atoms with E-state index in [-0.39, 0.29) is 5.82 Å². The van der Waals surface area contributed by atoms with Gasteiger partial charge in [0.2, 0.25) is 0 Å². The van der Waals surface area contributed by atoms with E-state index in [1.165, 1.54) is 23.0 Å². The second kappa shape index (κ2) is 2.41. The maximum absolute atomic E-state index is 12.6. The minimum absolute atomic E-state index is 0.307. The van der Waals surface area contributed by atoms with Gasteiger partial charge in [-0.25, -0.2) is 9.07 Å². The SMILES string of the molecule is C=Cn1nnc2cc(F)ccc21. The fraction of sp³-hybridized carbons (Fsp3) is 0. The van der Waals surface area contributed by atoms with Crippen molar-refractivity contribution >= 4 is 17.2 Å². The van der Waals surface area contributed by atoms with Gasteiger partial charge in [0.05, 0.1) is 5.52 Å². The molecular weight excluding hydrogens is 157 g/mol. The lowest BCUT2D eigenvalue weighted by atomic mass is 10.3. The van der Waals surface area contributed by atoms with Crippen LogP contribution in [0, 0.1) is 5.82 Å². The first-order valence-electron chi connectivity index (χ1n) is 3.44. The average molecular weight is 163 g/mol. The Bertz CT molecular complexity index is 433. The maximum Gasteiger partial charge on any atom is 0.125 e. The number of benzene rings is 1. The van der Waals surface area contributed by atoms with E-state index in [9.17, 15) is 4.39 Å². The molecule has 3 nitrogen and oxygen atoms in total. The highest BCUT2D eigenvalue weighted by molar-refractivity contribution is 5.75. The Kier molecular flexibility index (Phi) is 1.40. The minimum atomic E-state index is -0.307. The van der Waals surface area contributed by atoms with Crippen LogP contribution in [0.2, 0.25) is 0 Å². The predicted octanol–water partition coefficient (Wildman–Crippen LogP) is 1.67. The molecule has 2 rings (SSSR count). The van der Waals surface area contributed by atoms with Crippen molar-refractivity contribution in [1.29, 1.82) is 0 Å². The molecule has 0 bridgehead atoms. The second-order valence-corrected chi connectivity index (χ2v) is 2.35. The van der Waals surface area contributed by atoms with Gasteiger partial charge in [-0.05, 0) is 12.1 Å². The van der Waals surface area contributed by atoms with Crippen LogP contribution >= 0.6 is 0 Å². The van der Waals surface area contributed by atoms with Crippen molar-refractivity contribution in [3.8, 4) is 0 Å². The molecule has 0 unspecified atom stereocenters. The summed E-state index contributed by atoms with van der Waals surface area (Å²) in [6.45, 7) is 3.54. The molecule has 2 aromatic rings. The van der Waals surface area contributed by atoms with Crippen LogP contribution in [-0.2, 0) is 0 Å². The molecule has 0 fully saturated rings. The van der Waals surface area contributed by atoms with Gasteiger partial charge >= 0.3 is 0 Å². The number of halogens is 1. The van der Waals surface area contributed by atoms with Crippen molar-refractivity contribution in [3.63, 3.8) is 0 Å². The monoisotopic (exact) mass is 163 g/mol. The number of hydrogen-bond donors (Lipinski definition) is 0. The summed E-state index contributed by atoms with van der Waals surface area (Å²) in [4.78, 5) is 0. The Morgan fingerprint density at radius 1 is 1.50 bits per heavy atom. The molecule has 4 heteroatoms. The number of nitrogens with zero attached hydrogens (tertiary/aromatic N) is 3. The summed E-state index contributed by atoms with van der Waals surface area (Å²) in [7, 11) is 0. The third kappa shape index (κ3) is 0.887. The lowest BCUT2D eigenvalue weighted by Gasteiger charge is -1.90. The number of fused-ring (bicyclic) bond motifs is 1. The van der Waals surface area contributed by atoms with Crippen LogP contribution in [0.25, 0.3) is 17.2 Å². The summed E-state index contributed by atoms with van der Waals surface area (Å²) in [5.41, 5.74) is 1.29. The topological polar surface area (TPSA) is 30.7 Å². The summed E-state index contributed by atoms with van der Waals surface area (Å²) in [5.74, 6) is -0.307. The Balaban J connectivity index is 2.81. The van der Waals surface area contributed by atoms with E-state index in [0.717, 1.165) is 5.52 Å². The largest absolute Gasteiger partial charge is 0.221 e. The summed E-state index contributed by atoms with van der Waals surface area (Å²) >= 11 is 0. The first-order valence-corrected chi connectivity index (χ1v) is 3.44. The Labute approximate surface area is 68.1 Å². The standard InChI is InChI=1S/C8H6FN3/c1-2-12-8-4-3-6(9)5-7(8)10-11-12/h2-5H,1H2. The van der Waals surface area contributed by atoms with Gasteiger partial charge in [-0.3, -0.25) is 0 Å². The van der Waals surface area contributed by atoms with E-state index in [0.29, 0.717) is 5.52 Å². The predicted molar refractivity (Wildman–Crippen MR) is 43.9 cm³/mol. The van der Waals surface area contributed by atoms with Gasteiger partial charge in [-0.1, -0.05) is 11.8 Å². The van der Waals surface area contributed by atoms with Gasteiger partial charge < -0.3 is 0 Å². The lowest BCUT2D eigenvalue weighted by molar-refractivity contribution is 0.629. The van der Waals surface area contributed by atoms with Crippen LogP contribution in [0.1, 0.15) is 0 Å². The molecule has 1 aromatic heterocycles. The van der Waals surface area contributed by atoms with Crippen LogP contribution in [0.5, 0.6) is 0 Å². The molecule has 0 saturated carbocycles. The van der Waals surface area contributed by atoms with Crippen LogP contribution in [-0.4, -0.2) is 15.0 Å². The van der Waals surface area contributed by atoms with Crippen LogP contribution < -0.4 is 0 Å². The van der Waals surface area contributed by atoms with Crippen molar-refractivity contribution in [2.45, 2.75) is 0 Å². The van der Waals surface area contributed by atoms with Gasteiger partial charge in [0, 0.05) is 12.3 Å². The third-order valence-electron chi connectivity index (χ3n) is 1.61. The Morgan fingerprint density at radius 2 is 2.33 bits per heavy atom. The molecule has 0 atom stereocenters. The zero-order valence-electron chi connectivity index (χ0n) is 6.24. The molecule has 0 aliphatic carbocycles. The summed E-state index contributed by atoms with van der Waals surface area (Å²) in [6.07, 6.45) is 1.52. The summed E-state index contributed by atoms with van der Waals surface area (Å²) in [5, 5.41) is 7.49. The molecule has 0 saturated heterocycles. The Hall–Kier alpha value is -1.71. The molecule has 0 amide bonds. The first kappa shape index (κ1) is 6.97. The Morgan fingerprint density at radius 3 is 3.08 bits per heavy atom. The van der Waals surface area contributed by atoms with Gasteiger partial charge in [-0.15, -0.1) is 5.10 Å². The van der Waals surface area contributed by atoms with E-state index < -0.39 is 0 Å². The fourth-order valence-electron chi connectivity index (χ4n) is 1.05. The zero-order valence-corrected chi connectivity index (χ0v) is 6.24. The molecule has 0 spiro atoms. The van der Waals surface area contributed by atoms with E-state index >= 15 is 0 Å². The number of hydrogen-bond acceptors (Lipinski definition) is 2. The second-order valence-electron chi connectivity index (χ2n) is 2.35. The van der Waals surface area contributed by atoms with Crippen molar-refractivity contribution in [2.75, 3.05) is 0 Å². The molecule has 1 heterocycles. The van der Waals surface area contributed by atoms with Gasteiger partial charge in [0.25, 0.3) is 0 Å². The van der Waals surface area contributed by atoms with E-state index in [2.05, 4.69) is 16.9 Å². The van der Waals surface area contributed by atoms with Gasteiger partial charge in [-0.2, -0.15) is 0 Å². The highest BCUT2D eigenvalue weighted by atomic mass is 19.1. The normalized spacial score (nSPS) is 10.4. The van der Waals surface area contributed by atoms with Crippen molar-refractivity contribution in [2.24, 2.45) is 0 Å². The highest BCUT2D eigenvalue weighted by Gasteiger charge is 2.01. The van der Waals surface area contributed by atoms with Crippen molar-refractivity contribution in [1.82, 2.24) is 15.0 Å². The maximum atomic E-state index is 12.6. The van der Waals surface area contributed by atoms with Crippen LogP contribution in [0.4, 0.5) is 4.39 Å². The first-order chi connectivity index (χ1) is 5.81. The lowest BCUT2D eigenvalue weighted by Crippen LogP contribution is -1.86. The van der Waals surface area contributed by atoms with E-state index in [1.54, 1.807) is 6.07 Å². The smallest absolute Gasteiger partial charge is 0.125 e. The third-order valence-corrected chi connectivity index (χ3v) is 1.61. The molecule has 0 radical (unpaired) electrons. The number of aromatic nitrogens is 3. The van der Waals surface area contributed by atoms with E-state index in [1.807, 2.05) is 0 Å². The van der Waals surface area contributed by atoms with Crippen LogP contribution in [0.15, 0.2) is 24.8 Å². The molecule has 1 aromatic carbocycles. The fourth-order valence-corrected chi connectivity index (χ4v) is 1.05. The summed E-state index contributed by atoms with van der Waals surface area (Å²) in [6, 6.07) is 4.32. The van der Waals surface area contributed by atoms with E-state index in [4.69, 9.17) is 0 Å². The van der Waals surface area contributed by atoms with Gasteiger partial charge in [0.15, 0.2) is 0 Å². The molecule has 60 valence electrons. The number of rotatable bonds is 1. The van der Waals surface area contributed by atoms with Gasteiger partial charge in [0.1, 0.15) is 11.3 Å².